The van der Waals surface area contributed by atoms with Crippen molar-refractivity contribution in [3.8, 4) is 0 Å². The van der Waals surface area contributed by atoms with Gasteiger partial charge in [-0.15, -0.1) is 0 Å². The summed E-state index contributed by atoms with van der Waals surface area (Å²) in [4.78, 5) is 63.1. The zero-order valence-corrected chi connectivity index (χ0v) is 30.8. The molecule has 6 N–H and O–H groups in total. The van der Waals surface area contributed by atoms with Crippen LogP contribution in [-0.2, 0) is 44.5 Å². The standard InChI is InChI=1S/C38H55NO14/c1-5-6-7-8-9-10-11-12-13-17-22-39-35(48)51-30-29(41)36(52-31(32(42)43)37(49,33(44)45)38(30,53-36)34(46)47)21-20-24(2)28(50-26(4)40)25(3)23-27-18-15-14-16-19-27/h14-16,18-19,25,28-31,41,49H,2,5-13,17,20-23H2,1,3-4H3,(H,39,48)(H,42,43)(H,44,45)(H,46,47)/t25-,28-,29-,30-,31?,36?,37?,38?/m1/s1. The maximum Gasteiger partial charge on any atom is 0.407 e. The molecule has 4 unspecified atom stereocenters. The molecule has 2 aliphatic heterocycles. The third-order valence-corrected chi connectivity index (χ3v) is 10.0. The summed E-state index contributed by atoms with van der Waals surface area (Å²) in [6, 6.07) is 9.31. The Morgan fingerprint density at radius 1 is 0.925 bits per heavy atom. The van der Waals surface area contributed by atoms with Gasteiger partial charge in [-0.1, -0.05) is 109 Å². The number of ether oxygens (including phenoxy) is 4. The quantitative estimate of drug-likeness (QED) is 0.0518. The van der Waals surface area contributed by atoms with E-state index in [1.807, 2.05) is 37.3 Å². The number of aliphatic hydroxyl groups is 2. The van der Waals surface area contributed by atoms with Crippen LogP contribution in [0.2, 0.25) is 0 Å². The Morgan fingerprint density at radius 3 is 2.04 bits per heavy atom. The lowest BCUT2D eigenvalue weighted by Crippen LogP contribution is -2.78. The molecule has 1 aromatic carbocycles. The number of carbonyl (C=O) groups excluding carboxylic acids is 2. The van der Waals surface area contributed by atoms with Crippen molar-refractivity contribution >= 4 is 30.0 Å². The smallest absolute Gasteiger partial charge is 0.407 e. The van der Waals surface area contributed by atoms with Gasteiger partial charge in [0.05, 0.1) is 0 Å². The first kappa shape index (κ1) is 43.4. The summed E-state index contributed by atoms with van der Waals surface area (Å²) in [5.41, 5.74) is -6.26. The van der Waals surface area contributed by atoms with Gasteiger partial charge in [-0.2, -0.15) is 0 Å². The van der Waals surface area contributed by atoms with Crippen LogP contribution in [0.3, 0.4) is 0 Å². The lowest BCUT2D eigenvalue weighted by atomic mass is 9.74. The number of hydrogen-bond donors (Lipinski definition) is 6. The Kier molecular flexibility index (Phi) is 15.8. The molecule has 1 aromatic rings. The minimum absolute atomic E-state index is 0.0974. The van der Waals surface area contributed by atoms with Crippen molar-refractivity contribution in [1.82, 2.24) is 5.32 Å². The van der Waals surface area contributed by atoms with Gasteiger partial charge >= 0.3 is 30.0 Å². The Hall–Kier alpha value is -4.05. The number of aliphatic carboxylic acids is 3. The van der Waals surface area contributed by atoms with Crippen molar-refractivity contribution in [3.05, 3.63) is 48.0 Å². The van der Waals surface area contributed by atoms with Crippen LogP contribution in [0.15, 0.2) is 42.5 Å². The number of fused-ring (bicyclic) bond motifs is 2. The largest absolute Gasteiger partial charge is 0.479 e. The van der Waals surface area contributed by atoms with E-state index in [9.17, 15) is 49.5 Å². The number of nitrogens with one attached hydrogen (secondary N) is 1. The van der Waals surface area contributed by atoms with Gasteiger partial charge in [0, 0.05) is 25.8 Å². The third-order valence-electron chi connectivity index (χ3n) is 10.0. The molecule has 2 aliphatic rings. The predicted molar refractivity (Wildman–Crippen MR) is 189 cm³/mol. The van der Waals surface area contributed by atoms with Gasteiger partial charge in [-0.05, 0) is 30.4 Å². The van der Waals surface area contributed by atoms with Gasteiger partial charge in [0.2, 0.25) is 17.5 Å². The van der Waals surface area contributed by atoms with Gasteiger partial charge in [-0.25, -0.2) is 19.2 Å². The Balaban J connectivity index is 1.81. The molecule has 0 radical (unpaired) electrons. The number of carbonyl (C=O) groups is 5. The topological polar surface area (TPSA) is 235 Å². The predicted octanol–water partition coefficient (Wildman–Crippen LogP) is 4.36. The minimum atomic E-state index is -3.89. The van der Waals surface area contributed by atoms with Crippen molar-refractivity contribution in [3.63, 3.8) is 0 Å². The van der Waals surface area contributed by atoms with Crippen LogP contribution in [0.4, 0.5) is 4.79 Å². The Labute approximate surface area is 309 Å². The summed E-state index contributed by atoms with van der Waals surface area (Å²) in [5, 5.41) is 56.1. The summed E-state index contributed by atoms with van der Waals surface area (Å²) >= 11 is 0. The SMILES string of the molecule is C=C(CCC12OC(C(=O)O)C(O)(C(=O)O)C(C(=O)O)(O1)[C@H](OC(=O)NCCCCCCCCCCCC)[C@H]2O)[C@@H](OC(C)=O)[C@H](C)Cc1ccccc1. The average Bonchev–Trinajstić information content (AvgIpc) is 3.32. The van der Waals surface area contributed by atoms with E-state index in [1.54, 1.807) is 0 Å². The highest BCUT2D eigenvalue weighted by Crippen LogP contribution is 2.55. The molecule has 0 spiro atoms. The highest BCUT2D eigenvalue weighted by Gasteiger charge is 2.86. The fourth-order valence-corrected chi connectivity index (χ4v) is 7.26. The van der Waals surface area contributed by atoms with Gasteiger partial charge in [-0.3, -0.25) is 4.79 Å². The summed E-state index contributed by atoms with van der Waals surface area (Å²) in [6.07, 6.45) is 0.262. The molecule has 2 heterocycles. The first-order chi connectivity index (χ1) is 25.1. The van der Waals surface area contributed by atoms with Crippen molar-refractivity contribution in [2.24, 2.45) is 5.92 Å². The third kappa shape index (κ3) is 9.93. The zero-order valence-electron chi connectivity index (χ0n) is 30.8. The number of alkyl carbamates (subject to hydrolysis) is 1. The number of carboxylic acids is 3. The maximum atomic E-state index is 13.0. The van der Waals surface area contributed by atoms with Crippen LogP contribution in [0, 0.1) is 5.92 Å². The second-order valence-electron chi connectivity index (χ2n) is 14.1. The van der Waals surface area contributed by atoms with Crippen LogP contribution in [-0.4, -0.2) is 103 Å². The molecule has 1 amide bonds. The molecule has 296 valence electrons. The van der Waals surface area contributed by atoms with E-state index in [0.29, 0.717) is 12.8 Å². The summed E-state index contributed by atoms with van der Waals surface area (Å²) < 4.78 is 22.1. The number of esters is 1. The van der Waals surface area contributed by atoms with Gasteiger partial charge in [0.1, 0.15) is 12.2 Å². The van der Waals surface area contributed by atoms with Gasteiger partial charge < -0.3 is 49.8 Å². The molecule has 0 aromatic heterocycles. The van der Waals surface area contributed by atoms with Gasteiger partial charge in [0.25, 0.3) is 5.60 Å². The molecular weight excluding hydrogens is 694 g/mol. The monoisotopic (exact) mass is 749 g/mol. The number of rotatable bonds is 23. The van der Waals surface area contributed by atoms with Gasteiger partial charge in [0.15, 0.2) is 6.10 Å². The van der Waals surface area contributed by atoms with E-state index in [2.05, 4.69) is 18.8 Å². The summed E-state index contributed by atoms with van der Waals surface area (Å²) in [5.74, 6) is -10.3. The first-order valence-electron chi connectivity index (χ1n) is 18.4. The second kappa shape index (κ2) is 19.3. The number of amides is 1. The maximum absolute atomic E-state index is 13.0. The fourth-order valence-electron chi connectivity index (χ4n) is 7.26. The van der Waals surface area contributed by atoms with E-state index in [1.165, 1.54) is 32.6 Å². The zero-order chi connectivity index (χ0) is 39.4. The first-order valence-corrected chi connectivity index (χ1v) is 18.4. The molecule has 2 saturated heterocycles. The fraction of sp³-hybridized carbons (Fsp3) is 0.658. The van der Waals surface area contributed by atoms with Crippen molar-refractivity contribution in [1.29, 1.82) is 0 Å². The summed E-state index contributed by atoms with van der Waals surface area (Å²) in [7, 11) is 0. The average molecular weight is 750 g/mol. The van der Waals surface area contributed by atoms with E-state index in [4.69, 9.17) is 18.9 Å². The number of unbranched alkanes of at least 4 members (excludes halogenated alkanes) is 9. The Morgan fingerprint density at radius 2 is 1.51 bits per heavy atom. The number of aliphatic hydroxyl groups excluding tert-OH is 1. The second-order valence-corrected chi connectivity index (χ2v) is 14.1. The lowest BCUT2D eigenvalue weighted by molar-refractivity contribution is -0.373. The Bertz CT molecular complexity index is 1440. The van der Waals surface area contributed by atoms with Crippen LogP contribution >= 0.6 is 0 Å². The molecule has 15 heteroatoms. The lowest BCUT2D eigenvalue weighted by Gasteiger charge is -2.48. The molecule has 0 saturated carbocycles. The van der Waals surface area contributed by atoms with Crippen molar-refractivity contribution in [2.45, 2.75) is 146 Å². The van der Waals surface area contributed by atoms with E-state index >= 15 is 0 Å². The molecule has 15 nitrogen and oxygen atoms in total. The highest BCUT2D eigenvalue weighted by atomic mass is 16.8. The number of carboxylic acid groups (broad SMARTS) is 3. The van der Waals surface area contributed by atoms with Crippen molar-refractivity contribution in [2.75, 3.05) is 6.54 Å². The molecular formula is C38H55NO14. The van der Waals surface area contributed by atoms with Crippen LogP contribution in [0.1, 0.15) is 103 Å². The number of hydrogen-bond acceptors (Lipinski definition) is 11. The molecule has 2 bridgehead atoms. The van der Waals surface area contributed by atoms with Crippen molar-refractivity contribution < 1.29 is 68.5 Å². The summed E-state index contributed by atoms with van der Waals surface area (Å²) in [6.45, 7) is 9.30. The minimum Gasteiger partial charge on any atom is -0.479 e. The molecule has 0 aliphatic carbocycles. The molecule has 3 rings (SSSR count). The number of benzene rings is 1. The van der Waals surface area contributed by atoms with Crippen LogP contribution in [0.5, 0.6) is 0 Å². The van der Waals surface area contributed by atoms with E-state index in [0.717, 1.165) is 37.7 Å². The molecule has 2 fully saturated rings. The van der Waals surface area contributed by atoms with Crippen LogP contribution < -0.4 is 5.32 Å². The normalized spacial score (nSPS) is 27.3. The highest BCUT2D eigenvalue weighted by molar-refractivity contribution is 5.98. The molecule has 53 heavy (non-hydrogen) atoms. The van der Waals surface area contributed by atoms with E-state index in [-0.39, 0.29) is 24.5 Å². The van der Waals surface area contributed by atoms with E-state index < -0.39 is 77.8 Å². The molecule has 8 atom stereocenters. The van der Waals surface area contributed by atoms with Crippen LogP contribution in [0.25, 0.3) is 0 Å².